The lowest BCUT2D eigenvalue weighted by molar-refractivity contribution is -0.137. The molecule has 0 amide bonds. The predicted octanol–water partition coefficient (Wildman–Crippen LogP) is 1.65. The van der Waals surface area contributed by atoms with Crippen LogP contribution in [0.15, 0.2) is 0 Å². The van der Waals surface area contributed by atoms with Crippen molar-refractivity contribution < 1.29 is 18.3 Å². The van der Waals surface area contributed by atoms with Crippen molar-refractivity contribution in [1.29, 1.82) is 0 Å². The van der Waals surface area contributed by atoms with Gasteiger partial charge in [-0.3, -0.25) is 4.79 Å². The number of hydrogen-bond donors (Lipinski definition) is 1. The molecular weight excluding hydrogens is 248 g/mol. The molecule has 1 atom stereocenters. The van der Waals surface area contributed by atoms with Gasteiger partial charge in [-0.25, -0.2) is 8.42 Å². The molecule has 0 saturated heterocycles. The van der Waals surface area contributed by atoms with Gasteiger partial charge in [0.25, 0.3) is 0 Å². The van der Waals surface area contributed by atoms with Gasteiger partial charge in [-0.05, 0) is 19.8 Å². The lowest BCUT2D eigenvalue weighted by Crippen LogP contribution is -2.25. The Morgan fingerprint density at radius 2 is 1.75 bits per heavy atom. The van der Waals surface area contributed by atoms with Gasteiger partial charge in [-0.1, -0.05) is 13.8 Å². The molecule has 0 fully saturated rings. The molecule has 0 aromatic rings. The first-order valence-electron chi connectivity index (χ1n) is 5.24. The number of thioether (sulfide) groups is 1. The van der Waals surface area contributed by atoms with E-state index in [1.54, 1.807) is 13.8 Å². The van der Waals surface area contributed by atoms with Gasteiger partial charge in [0.2, 0.25) is 0 Å². The Kier molecular flexibility index (Phi) is 6.40. The van der Waals surface area contributed by atoms with Gasteiger partial charge < -0.3 is 5.11 Å². The quantitative estimate of drug-likeness (QED) is 0.760. The first-order valence-corrected chi connectivity index (χ1v) is 8.01. The van der Waals surface area contributed by atoms with Crippen molar-refractivity contribution >= 4 is 27.6 Å². The summed E-state index contributed by atoms with van der Waals surface area (Å²) in [4.78, 5) is 10.9. The highest BCUT2D eigenvalue weighted by Gasteiger charge is 2.23. The lowest BCUT2D eigenvalue weighted by atomic mass is 10.1. The minimum atomic E-state index is -3.06. The molecule has 0 rings (SSSR count). The molecule has 0 heterocycles. The number of rotatable bonds is 7. The van der Waals surface area contributed by atoms with E-state index in [0.29, 0.717) is 5.75 Å². The van der Waals surface area contributed by atoms with Crippen LogP contribution in [0, 0.1) is 5.92 Å². The molecule has 0 aromatic carbocycles. The second-order valence-corrected chi connectivity index (χ2v) is 8.22. The van der Waals surface area contributed by atoms with E-state index in [4.69, 9.17) is 5.11 Å². The summed E-state index contributed by atoms with van der Waals surface area (Å²) in [6.07, 6.45) is 0. The molecular formula is C10H20O4S2. The number of carboxylic acids is 1. The lowest BCUT2D eigenvalue weighted by Gasteiger charge is -2.15. The summed E-state index contributed by atoms with van der Waals surface area (Å²) in [7, 11) is -3.06. The molecule has 6 heteroatoms. The minimum absolute atomic E-state index is 0.00394. The molecule has 0 bridgehead atoms. The fraction of sp³-hybridized carbons (Fsp3) is 0.900. The Hall–Kier alpha value is -0.230. The summed E-state index contributed by atoms with van der Waals surface area (Å²) < 4.78 is 23.0. The normalized spacial score (nSPS) is 14.4. The number of aliphatic carboxylic acids is 1. The summed E-state index contributed by atoms with van der Waals surface area (Å²) in [5.74, 6) is -0.479. The van der Waals surface area contributed by atoms with Crippen molar-refractivity contribution in [2.45, 2.75) is 38.2 Å². The SMILES string of the molecule is CC(C)C(SCCS(=O)(=O)C(C)C)C(=O)O. The zero-order valence-electron chi connectivity index (χ0n) is 10.1. The smallest absolute Gasteiger partial charge is 0.316 e. The number of carboxylic acid groups (broad SMARTS) is 1. The molecule has 0 spiro atoms. The molecule has 0 radical (unpaired) electrons. The van der Waals surface area contributed by atoms with Crippen molar-refractivity contribution in [3.05, 3.63) is 0 Å². The summed E-state index contributed by atoms with van der Waals surface area (Å²) in [6, 6.07) is 0. The minimum Gasteiger partial charge on any atom is -0.480 e. The van der Waals surface area contributed by atoms with Crippen LogP contribution in [-0.4, -0.2) is 41.5 Å². The number of hydrogen-bond acceptors (Lipinski definition) is 4. The third-order valence-corrected chi connectivity index (χ3v) is 6.25. The highest BCUT2D eigenvalue weighted by Crippen LogP contribution is 2.20. The number of sulfone groups is 1. The van der Waals surface area contributed by atoms with E-state index in [2.05, 4.69) is 0 Å². The maximum Gasteiger partial charge on any atom is 0.316 e. The fourth-order valence-electron chi connectivity index (χ4n) is 1.08. The zero-order chi connectivity index (χ0) is 12.9. The van der Waals surface area contributed by atoms with Crippen molar-refractivity contribution in [2.24, 2.45) is 5.92 Å². The van der Waals surface area contributed by atoms with Gasteiger partial charge in [0, 0.05) is 5.75 Å². The Balaban J connectivity index is 4.21. The van der Waals surface area contributed by atoms with Gasteiger partial charge in [0.05, 0.1) is 11.0 Å². The van der Waals surface area contributed by atoms with Gasteiger partial charge in [-0.2, -0.15) is 0 Å². The van der Waals surface area contributed by atoms with E-state index < -0.39 is 26.3 Å². The van der Waals surface area contributed by atoms with E-state index >= 15 is 0 Å². The largest absolute Gasteiger partial charge is 0.480 e. The maximum atomic E-state index is 11.5. The molecule has 1 N–H and O–H groups in total. The van der Waals surface area contributed by atoms with Crippen LogP contribution in [-0.2, 0) is 14.6 Å². The second-order valence-electron chi connectivity index (χ2n) is 4.29. The molecule has 0 aliphatic carbocycles. The summed E-state index contributed by atoms with van der Waals surface area (Å²) in [6.45, 7) is 6.92. The zero-order valence-corrected chi connectivity index (χ0v) is 11.8. The van der Waals surface area contributed by atoms with E-state index in [0.717, 1.165) is 0 Å². The first kappa shape index (κ1) is 15.8. The molecule has 1 unspecified atom stereocenters. The van der Waals surface area contributed by atoms with E-state index in [1.807, 2.05) is 13.8 Å². The predicted molar refractivity (Wildman–Crippen MR) is 67.6 cm³/mol. The Bertz CT molecular complexity index is 320. The van der Waals surface area contributed by atoms with Crippen LogP contribution in [0.2, 0.25) is 0 Å². The molecule has 96 valence electrons. The Morgan fingerprint density at radius 1 is 1.25 bits per heavy atom. The van der Waals surface area contributed by atoms with Crippen LogP contribution in [0.5, 0.6) is 0 Å². The van der Waals surface area contributed by atoms with Crippen LogP contribution in [0.25, 0.3) is 0 Å². The van der Waals surface area contributed by atoms with Crippen LogP contribution in [0.4, 0.5) is 0 Å². The Labute approximate surface area is 102 Å². The molecule has 0 aliphatic heterocycles. The first-order chi connectivity index (χ1) is 7.18. The fourth-order valence-corrected chi connectivity index (χ4v) is 3.64. The summed E-state index contributed by atoms with van der Waals surface area (Å²) >= 11 is 1.20. The summed E-state index contributed by atoms with van der Waals surface area (Å²) in [5.41, 5.74) is 0. The van der Waals surface area contributed by atoms with E-state index in [-0.39, 0.29) is 11.7 Å². The van der Waals surface area contributed by atoms with Crippen LogP contribution >= 0.6 is 11.8 Å². The monoisotopic (exact) mass is 268 g/mol. The average Bonchev–Trinajstić information content (AvgIpc) is 2.10. The van der Waals surface area contributed by atoms with Crippen LogP contribution in [0.3, 0.4) is 0 Å². The third kappa shape index (κ3) is 5.21. The van der Waals surface area contributed by atoms with E-state index in [9.17, 15) is 13.2 Å². The van der Waals surface area contributed by atoms with Gasteiger partial charge >= 0.3 is 5.97 Å². The molecule has 16 heavy (non-hydrogen) atoms. The third-order valence-electron chi connectivity index (χ3n) is 2.23. The van der Waals surface area contributed by atoms with Crippen molar-refractivity contribution in [3.63, 3.8) is 0 Å². The standard InChI is InChI=1S/C10H20O4S2/c1-7(2)9(10(11)12)15-5-6-16(13,14)8(3)4/h7-9H,5-6H2,1-4H3,(H,11,12). The van der Waals surface area contributed by atoms with Crippen LogP contribution < -0.4 is 0 Å². The topological polar surface area (TPSA) is 71.4 Å². The number of carbonyl (C=O) groups is 1. The summed E-state index contributed by atoms with van der Waals surface area (Å²) in [5, 5.41) is 7.99. The second kappa shape index (κ2) is 6.49. The molecule has 0 saturated carbocycles. The van der Waals surface area contributed by atoms with Crippen molar-refractivity contribution in [2.75, 3.05) is 11.5 Å². The highest BCUT2D eigenvalue weighted by atomic mass is 32.2. The van der Waals surface area contributed by atoms with Crippen molar-refractivity contribution in [1.82, 2.24) is 0 Å². The van der Waals surface area contributed by atoms with Crippen LogP contribution in [0.1, 0.15) is 27.7 Å². The maximum absolute atomic E-state index is 11.5. The van der Waals surface area contributed by atoms with Gasteiger partial charge in [0.15, 0.2) is 9.84 Å². The average molecular weight is 268 g/mol. The van der Waals surface area contributed by atoms with Gasteiger partial charge in [0.1, 0.15) is 5.25 Å². The molecule has 0 aliphatic rings. The van der Waals surface area contributed by atoms with Crippen molar-refractivity contribution in [3.8, 4) is 0 Å². The molecule has 0 aromatic heterocycles. The van der Waals surface area contributed by atoms with Gasteiger partial charge in [-0.15, -0.1) is 11.8 Å². The highest BCUT2D eigenvalue weighted by molar-refractivity contribution is 8.01. The van der Waals surface area contributed by atoms with E-state index in [1.165, 1.54) is 11.8 Å². The molecule has 4 nitrogen and oxygen atoms in total. The Morgan fingerprint density at radius 3 is 2.06 bits per heavy atom.